The lowest BCUT2D eigenvalue weighted by molar-refractivity contribution is -0.186. The monoisotopic (exact) mass is 621 g/mol. The van der Waals surface area contributed by atoms with Gasteiger partial charge >= 0.3 is 23.6 Å². The summed E-state index contributed by atoms with van der Waals surface area (Å²) in [6.45, 7) is 10.7. The van der Waals surface area contributed by atoms with E-state index in [0.29, 0.717) is 35.1 Å². The van der Waals surface area contributed by atoms with Crippen molar-refractivity contribution in [1.82, 2.24) is 24.7 Å². The highest BCUT2D eigenvalue weighted by atomic mass is 16.5. The maximum Gasteiger partial charge on any atom is 0.330 e. The number of aromatic nitrogens is 2. The van der Waals surface area contributed by atoms with Crippen molar-refractivity contribution in [1.29, 1.82) is 0 Å². The van der Waals surface area contributed by atoms with Gasteiger partial charge in [-0.15, -0.1) is 0 Å². The van der Waals surface area contributed by atoms with Gasteiger partial charge in [0.05, 0.1) is 31.1 Å². The van der Waals surface area contributed by atoms with Crippen LogP contribution in [0.3, 0.4) is 0 Å². The molecule has 45 heavy (non-hydrogen) atoms. The van der Waals surface area contributed by atoms with Crippen LogP contribution in [0, 0.1) is 0 Å². The third-order valence-electron chi connectivity index (χ3n) is 7.61. The summed E-state index contributed by atoms with van der Waals surface area (Å²) >= 11 is 0. The molecular formula is C31H39N7O7. The van der Waals surface area contributed by atoms with Gasteiger partial charge in [-0.2, -0.15) is 5.10 Å². The topological polar surface area (TPSA) is 162 Å². The number of benzene rings is 2. The second-order valence-electron chi connectivity index (χ2n) is 12.0. The Bertz CT molecular complexity index is 1530. The molecule has 4 N–H and O–H groups in total. The van der Waals surface area contributed by atoms with Gasteiger partial charge in [-0.1, -0.05) is 32.9 Å². The van der Waals surface area contributed by atoms with Crippen LogP contribution in [0.15, 0.2) is 54.6 Å². The van der Waals surface area contributed by atoms with Crippen molar-refractivity contribution in [2.75, 3.05) is 57.1 Å². The Kier molecular flexibility index (Phi) is 9.11. The van der Waals surface area contributed by atoms with E-state index in [2.05, 4.69) is 15.5 Å². The predicted octanol–water partition coefficient (Wildman–Crippen LogP) is 1.92. The Hall–Kier alpha value is -4.50. The molecule has 2 aliphatic rings. The Labute approximate surface area is 261 Å². The van der Waals surface area contributed by atoms with Gasteiger partial charge in [0.15, 0.2) is 0 Å². The molecule has 4 amide bonds. The average Bonchev–Trinajstić information content (AvgIpc) is 3.49. The van der Waals surface area contributed by atoms with E-state index in [0.717, 1.165) is 48.6 Å². The second-order valence-corrected chi connectivity index (χ2v) is 12.0. The fourth-order valence-corrected chi connectivity index (χ4v) is 4.90. The average molecular weight is 622 g/mol. The number of urea groups is 1. The number of carbonyl (C=O) groups excluding carboxylic acids is 3. The number of morpholine rings is 1. The molecule has 5 rings (SSSR count). The van der Waals surface area contributed by atoms with Crippen LogP contribution in [0.5, 0.6) is 5.75 Å². The molecular weight excluding hydrogens is 582 g/mol. The first kappa shape index (κ1) is 31.9. The summed E-state index contributed by atoms with van der Waals surface area (Å²) in [5, 5.41) is 31.9. The third kappa shape index (κ3) is 7.26. The number of carbonyl (C=O) groups is 3. The van der Waals surface area contributed by atoms with Crippen molar-refractivity contribution in [3.8, 4) is 11.4 Å². The van der Waals surface area contributed by atoms with E-state index >= 15 is 0 Å². The van der Waals surface area contributed by atoms with E-state index in [1.165, 1.54) is 7.05 Å². The van der Waals surface area contributed by atoms with Crippen molar-refractivity contribution < 1.29 is 34.1 Å². The zero-order valence-corrected chi connectivity index (χ0v) is 25.8. The maximum atomic E-state index is 13.0. The van der Waals surface area contributed by atoms with Gasteiger partial charge in [-0.25, -0.2) is 19.5 Å². The molecule has 14 nitrogen and oxygen atoms in total. The first-order valence-electron chi connectivity index (χ1n) is 14.7. The van der Waals surface area contributed by atoms with Crippen LogP contribution in [-0.2, 0) is 26.3 Å². The quantitative estimate of drug-likeness (QED) is 0.207. The zero-order valence-electron chi connectivity index (χ0n) is 25.8. The van der Waals surface area contributed by atoms with Crippen LogP contribution in [0.1, 0.15) is 32.0 Å². The number of ether oxygens (including phenoxy) is 2. The number of hydrogen-bond acceptors (Lipinski definition) is 9. The highest BCUT2D eigenvalue weighted by Crippen LogP contribution is 2.28. The normalized spacial score (nSPS) is 17.1. The Morgan fingerprint density at radius 2 is 1.67 bits per heavy atom. The minimum absolute atomic E-state index is 0.0538. The Morgan fingerprint density at radius 1 is 1.00 bits per heavy atom. The van der Waals surface area contributed by atoms with Gasteiger partial charge < -0.3 is 25.0 Å². The van der Waals surface area contributed by atoms with E-state index in [-0.39, 0.29) is 12.0 Å². The van der Waals surface area contributed by atoms with Gasteiger partial charge in [0, 0.05) is 43.9 Å². The first-order valence-corrected chi connectivity index (χ1v) is 14.7. The number of nitrogens with one attached hydrogen (secondary N) is 2. The van der Waals surface area contributed by atoms with E-state index in [1.807, 2.05) is 39.0 Å². The minimum atomic E-state index is -3.08. The van der Waals surface area contributed by atoms with Crippen molar-refractivity contribution in [2.24, 2.45) is 0 Å². The summed E-state index contributed by atoms with van der Waals surface area (Å²) in [5.41, 5.74) is 2.32. The summed E-state index contributed by atoms with van der Waals surface area (Å²) in [6.07, 6.45) is 0. The van der Waals surface area contributed by atoms with Crippen LogP contribution in [0.4, 0.5) is 16.3 Å². The van der Waals surface area contributed by atoms with Crippen LogP contribution in [-0.4, -0.2) is 105 Å². The molecule has 240 valence electrons. The van der Waals surface area contributed by atoms with E-state index < -0.39 is 23.6 Å². The second kappa shape index (κ2) is 12.9. The van der Waals surface area contributed by atoms with Crippen molar-refractivity contribution >= 4 is 29.4 Å². The van der Waals surface area contributed by atoms with E-state index in [1.54, 1.807) is 41.1 Å². The molecule has 2 fully saturated rings. The largest absolute Gasteiger partial charge is 0.492 e. The van der Waals surface area contributed by atoms with Crippen LogP contribution >= 0.6 is 0 Å². The lowest BCUT2D eigenvalue weighted by Gasteiger charge is -2.26. The summed E-state index contributed by atoms with van der Waals surface area (Å²) < 4.78 is 12.8. The highest BCUT2D eigenvalue weighted by Gasteiger charge is 2.55. The smallest absolute Gasteiger partial charge is 0.330 e. The van der Waals surface area contributed by atoms with Crippen LogP contribution < -0.4 is 15.4 Å². The number of hydrogen-bond donors (Lipinski definition) is 4. The molecule has 2 aliphatic heterocycles. The standard InChI is InChI=1S/C31H39N7O7/c1-30(2,3)25-19-26(33-29(41)32-22-7-11-24(12-8-22)45-18-15-36-13-16-44-17-14-36)38(34-25)23-9-5-21(6-10-23)20-37-28(40)31(42,43)27(39)35(37)4/h5-12,19,42-43H,13-18,20H2,1-4H3,(H2,32,33,41). The fraction of sp³-hybridized carbons (Fsp3) is 0.419. The number of anilines is 2. The highest BCUT2D eigenvalue weighted by molar-refractivity contribution is 6.10. The molecule has 0 aliphatic carbocycles. The lowest BCUT2D eigenvalue weighted by atomic mass is 9.92. The van der Waals surface area contributed by atoms with Crippen LogP contribution in [0.2, 0.25) is 0 Å². The SMILES string of the molecule is CN1C(=O)C(O)(O)C(=O)N1Cc1ccc(-n2nc(C(C)(C)C)cc2NC(=O)Nc2ccc(OCCN3CCOCC3)cc2)cc1. The molecule has 0 unspecified atom stereocenters. The van der Waals surface area contributed by atoms with Gasteiger partial charge in [0.25, 0.3) is 0 Å². The number of aliphatic hydroxyl groups is 2. The molecule has 1 aromatic heterocycles. The summed E-state index contributed by atoms with van der Waals surface area (Å²) in [5.74, 6) is -4.16. The zero-order chi connectivity index (χ0) is 32.4. The molecule has 0 spiro atoms. The number of amides is 4. The van der Waals surface area contributed by atoms with Crippen molar-refractivity contribution in [3.63, 3.8) is 0 Å². The molecule has 2 aromatic carbocycles. The van der Waals surface area contributed by atoms with Gasteiger partial charge in [0.2, 0.25) is 0 Å². The number of rotatable bonds is 9. The van der Waals surface area contributed by atoms with Gasteiger partial charge in [-0.3, -0.25) is 19.8 Å². The van der Waals surface area contributed by atoms with Gasteiger partial charge in [0.1, 0.15) is 18.2 Å². The molecule has 3 aromatic rings. The van der Waals surface area contributed by atoms with E-state index in [4.69, 9.17) is 14.6 Å². The maximum absolute atomic E-state index is 13.0. The number of likely N-dealkylation sites (N-methyl/N-ethyl adjacent to an activating group) is 1. The molecule has 3 heterocycles. The molecule has 2 saturated heterocycles. The molecule has 0 saturated carbocycles. The predicted molar refractivity (Wildman–Crippen MR) is 165 cm³/mol. The van der Waals surface area contributed by atoms with Crippen molar-refractivity contribution in [3.05, 3.63) is 65.9 Å². The summed E-state index contributed by atoms with van der Waals surface area (Å²) in [4.78, 5) is 39.6. The Morgan fingerprint density at radius 3 is 2.27 bits per heavy atom. The van der Waals surface area contributed by atoms with E-state index in [9.17, 15) is 24.6 Å². The summed E-state index contributed by atoms with van der Waals surface area (Å²) in [7, 11) is 1.29. The Balaban J connectivity index is 1.23. The molecule has 14 heteroatoms. The van der Waals surface area contributed by atoms with Crippen LogP contribution in [0.25, 0.3) is 5.69 Å². The summed E-state index contributed by atoms with van der Waals surface area (Å²) in [6, 6.07) is 15.5. The number of hydrazine groups is 1. The number of nitrogens with zero attached hydrogens (tertiary/aromatic N) is 5. The first-order chi connectivity index (χ1) is 21.3. The fourth-order valence-electron chi connectivity index (χ4n) is 4.90. The third-order valence-corrected chi connectivity index (χ3v) is 7.61. The molecule has 0 atom stereocenters. The lowest BCUT2D eigenvalue weighted by Crippen LogP contribution is -2.43. The van der Waals surface area contributed by atoms with Crippen molar-refractivity contribution in [2.45, 2.75) is 38.5 Å². The van der Waals surface area contributed by atoms with Gasteiger partial charge in [-0.05, 0) is 42.0 Å². The molecule has 0 radical (unpaired) electrons. The minimum Gasteiger partial charge on any atom is -0.492 e. The molecule has 0 bridgehead atoms.